The van der Waals surface area contributed by atoms with Gasteiger partial charge in [-0.25, -0.2) is 9.37 Å². The summed E-state index contributed by atoms with van der Waals surface area (Å²) in [5.41, 5.74) is 0.0227. The number of piperidine rings is 1. The van der Waals surface area contributed by atoms with Gasteiger partial charge in [-0.3, -0.25) is 14.2 Å². The molecule has 6 heteroatoms. The lowest BCUT2D eigenvalue weighted by Crippen LogP contribution is -2.51. The van der Waals surface area contributed by atoms with Crippen molar-refractivity contribution in [3.05, 3.63) is 40.7 Å². The van der Waals surface area contributed by atoms with Gasteiger partial charge in [-0.1, -0.05) is 12.8 Å². The number of fused-ring (bicyclic) bond motifs is 2. The number of carbonyl (C=O) groups is 1. The molecule has 2 atom stereocenters. The lowest BCUT2D eigenvalue weighted by Gasteiger charge is -2.44. The molecule has 0 unspecified atom stereocenters. The predicted octanol–water partition coefficient (Wildman–Crippen LogP) is 2.72. The number of nitrogens with zero attached hydrogens (tertiary/aromatic N) is 3. The minimum absolute atomic E-state index is 0.00235. The normalized spacial score (nSPS) is 23.5. The molecular weight excluding hydrogens is 321 g/mol. The number of hydrogen-bond acceptors (Lipinski definition) is 3. The molecule has 1 aliphatic heterocycles. The van der Waals surface area contributed by atoms with Crippen molar-refractivity contribution in [1.82, 2.24) is 14.5 Å². The number of halogens is 1. The Labute approximate surface area is 145 Å². The third-order valence-corrected chi connectivity index (χ3v) is 5.66. The summed E-state index contributed by atoms with van der Waals surface area (Å²) in [5, 5.41) is 0.339. The van der Waals surface area contributed by atoms with Gasteiger partial charge in [-0.05, 0) is 43.7 Å². The second-order valence-electron chi connectivity index (χ2n) is 7.18. The van der Waals surface area contributed by atoms with Crippen molar-refractivity contribution in [2.75, 3.05) is 6.54 Å². The summed E-state index contributed by atoms with van der Waals surface area (Å²) >= 11 is 0. The summed E-state index contributed by atoms with van der Waals surface area (Å²) in [4.78, 5) is 31.5. The van der Waals surface area contributed by atoms with Crippen LogP contribution in [0.15, 0.2) is 29.3 Å². The van der Waals surface area contributed by atoms with E-state index in [1.807, 2.05) is 4.90 Å². The van der Waals surface area contributed by atoms with Crippen molar-refractivity contribution < 1.29 is 9.18 Å². The number of likely N-dealkylation sites (tertiary alicyclic amines) is 1. The fourth-order valence-corrected chi connectivity index (χ4v) is 4.42. The highest BCUT2D eigenvalue weighted by Crippen LogP contribution is 2.35. The predicted molar refractivity (Wildman–Crippen MR) is 92.7 cm³/mol. The fraction of sp³-hybridized carbons (Fsp3) is 0.526. The third-order valence-electron chi connectivity index (χ3n) is 5.66. The number of amides is 1. The highest BCUT2D eigenvalue weighted by atomic mass is 19.1. The molecule has 2 aliphatic rings. The van der Waals surface area contributed by atoms with Gasteiger partial charge in [0, 0.05) is 18.7 Å². The zero-order chi connectivity index (χ0) is 17.4. The molecule has 0 N–H and O–H groups in total. The van der Waals surface area contributed by atoms with E-state index in [1.165, 1.54) is 54.8 Å². The van der Waals surface area contributed by atoms with E-state index in [2.05, 4.69) is 4.98 Å². The summed E-state index contributed by atoms with van der Waals surface area (Å²) in [6.45, 7) is 0.781. The average Bonchev–Trinajstić information content (AvgIpc) is 2.63. The van der Waals surface area contributed by atoms with Crippen molar-refractivity contribution in [2.24, 2.45) is 5.92 Å². The topological polar surface area (TPSA) is 55.2 Å². The summed E-state index contributed by atoms with van der Waals surface area (Å²) < 4.78 is 14.6. The van der Waals surface area contributed by atoms with Gasteiger partial charge in [0.05, 0.1) is 17.2 Å². The van der Waals surface area contributed by atoms with Crippen molar-refractivity contribution >= 4 is 16.8 Å². The standard InChI is InChI=1S/C19H22FN3O2/c20-14-7-8-15-16(10-14)21-12-22(19(15)25)11-18(24)23-9-3-5-13-4-1-2-6-17(13)23/h7-8,10,12-13,17H,1-6,9,11H2/t13-,17-/m1/s1. The summed E-state index contributed by atoms with van der Waals surface area (Å²) in [6, 6.07) is 4.24. The van der Waals surface area contributed by atoms with Crippen LogP contribution in [0.25, 0.3) is 10.9 Å². The Morgan fingerprint density at radius 3 is 2.88 bits per heavy atom. The highest BCUT2D eigenvalue weighted by Gasteiger charge is 2.35. The van der Waals surface area contributed by atoms with Crippen LogP contribution in [0.4, 0.5) is 4.39 Å². The SMILES string of the molecule is O=C(Cn1cnc2cc(F)ccc2c1=O)N1CCC[C@H]2CCCC[C@H]21. The van der Waals surface area contributed by atoms with Crippen LogP contribution in [0, 0.1) is 11.7 Å². The highest BCUT2D eigenvalue weighted by molar-refractivity contribution is 5.79. The maximum atomic E-state index is 13.3. The van der Waals surface area contributed by atoms with Crippen molar-refractivity contribution in [2.45, 2.75) is 51.1 Å². The van der Waals surface area contributed by atoms with E-state index < -0.39 is 5.82 Å². The van der Waals surface area contributed by atoms with Gasteiger partial charge in [0.2, 0.25) is 5.91 Å². The van der Waals surface area contributed by atoms with E-state index in [1.54, 1.807) is 0 Å². The smallest absolute Gasteiger partial charge is 0.261 e. The molecule has 4 rings (SSSR count). The minimum Gasteiger partial charge on any atom is -0.338 e. The van der Waals surface area contributed by atoms with Crippen molar-refractivity contribution in [1.29, 1.82) is 0 Å². The summed E-state index contributed by atoms with van der Waals surface area (Å²) in [7, 11) is 0. The molecule has 1 aliphatic carbocycles. The van der Waals surface area contributed by atoms with E-state index in [-0.39, 0.29) is 18.0 Å². The van der Waals surface area contributed by atoms with Crippen LogP contribution in [-0.2, 0) is 11.3 Å². The third kappa shape index (κ3) is 3.05. The number of rotatable bonds is 2. The molecule has 2 fully saturated rings. The molecule has 1 amide bonds. The van der Waals surface area contributed by atoms with E-state index in [4.69, 9.17) is 0 Å². The first-order valence-electron chi connectivity index (χ1n) is 9.07. The van der Waals surface area contributed by atoms with Gasteiger partial charge >= 0.3 is 0 Å². The molecular formula is C19H22FN3O2. The summed E-state index contributed by atoms with van der Waals surface area (Å²) in [6.07, 6.45) is 8.30. The molecule has 2 heterocycles. The number of benzene rings is 1. The van der Waals surface area contributed by atoms with E-state index in [0.717, 1.165) is 19.4 Å². The molecule has 2 aromatic rings. The molecule has 0 spiro atoms. The Morgan fingerprint density at radius 1 is 1.20 bits per heavy atom. The first-order valence-corrected chi connectivity index (χ1v) is 9.07. The Bertz CT molecular complexity index is 861. The van der Waals surface area contributed by atoms with Crippen LogP contribution < -0.4 is 5.56 Å². The zero-order valence-electron chi connectivity index (χ0n) is 14.2. The quantitative estimate of drug-likeness (QED) is 0.842. The number of carbonyl (C=O) groups excluding carboxylic acids is 1. The van der Waals surface area contributed by atoms with Gasteiger partial charge in [-0.15, -0.1) is 0 Å². The number of hydrogen-bond donors (Lipinski definition) is 0. The largest absolute Gasteiger partial charge is 0.338 e. The Hall–Kier alpha value is -2.24. The van der Waals surface area contributed by atoms with Crippen LogP contribution in [0.1, 0.15) is 38.5 Å². The van der Waals surface area contributed by atoms with Gasteiger partial charge in [0.1, 0.15) is 12.4 Å². The maximum absolute atomic E-state index is 13.3. The van der Waals surface area contributed by atoms with Crippen LogP contribution in [0.5, 0.6) is 0 Å². The zero-order valence-corrected chi connectivity index (χ0v) is 14.2. The van der Waals surface area contributed by atoms with E-state index in [9.17, 15) is 14.0 Å². The average molecular weight is 343 g/mol. The lowest BCUT2D eigenvalue weighted by atomic mass is 9.78. The molecule has 5 nitrogen and oxygen atoms in total. The van der Waals surface area contributed by atoms with Gasteiger partial charge in [0.15, 0.2) is 0 Å². The fourth-order valence-electron chi connectivity index (χ4n) is 4.42. The van der Waals surface area contributed by atoms with Gasteiger partial charge < -0.3 is 4.90 Å². The minimum atomic E-state index is -0.426. The van der Waals surface area contributed by atoms with Crippen LogP contribution in [0.3, 0.4) is 0 Å². The molecule has 1 saturated carbocycles. The monoisotopic (exact) mass is 343 g/mol. The first kappa shape index (κ1) is 16.2. The van der Waals surface area contributed by atoms with Gasteiger partial charge in [0.25, 0.3) is 5.56 Å². The molecule has 0 radical (unpaired) electrons. The molecule has 0 bridgehead atoms. The molecule has 1 aromatic heterocycles. The second-order valence-corrected chi connectivity index (χ2v) is 7.18. The Morgan fingerprint density at radius 2 is 2.00 bits per heavy atom. The van der Waals surface area contributed by atoms with Crippen molar-refractivity contribution in [3.8, 4) is 0 Å². The van der Waals surface area contributed by atoms with Crippen LogP contribution >= 0.6 is 0 Å². The van der Waals surface area contributed by atoms with E-state index in [0.29, 0.717) is 22.9 Å². The second kappa shape index (κ2) is 6.58. The van der Waals surface area contributed by atoms with Crippen LogP contribution in [0.2, 0.25) is 0 Å². The molecule has 1 aromatic carbocycles. The van der Waals surface area contributed by atoms with E-state index >= 15 is 0 Å². The molecule has 132 valence electrons. The van der Waals surface area contributed by atoms with Crippen molar-refractivity contribution in [3.63, 3.8) is 0 Å². The maximum Gasteiger partial charge on any atom is 0.261 e. The van der Waals surface area contributed by atoms with Crippen LogP contribution in [-0.4, -0.2) is 32.9 Å². The first-order chi connectivity index (χ1) is 12.1. The number of aromatic nitrogens is 2. The Kier molecular flexibility index (Phi) is 4.27. The van der Waals surface area contributed by atoms with Gasteiger partial charge in [-0.2, -0.15) is 0 Å². The molecule has 1 saturated heterocycles. The lowest BCUT2D eigenvalue weighted by molar-refractivity contribution is -0.138. The molecule has 25 heavy (non-hydrogen) atoms. The Balaban J connectivity index is 1.58. The summed E-state index contributed by atoms with van der Waals surface area (Å²) in [5.74, 6) is 0.174.